The summed E-state index contributed by atoms with van der Waals surface area (Å²) in [6.45, 7) is 5.11. The molecule has 1 N–H and O–H groups in total. The van der Waals surface area contributed by atoms with E-state index in [0.717, 1.165) is 0 Å². The molecular formula is C12H14BNO4. The molecule has 0 bridgehead atoms. The van der Waals surface area contributed by atoms with Crippen molar-refractivity contribution in [2.24, 2.45) is 0 Å². The molecule has 6 heteroatoms. The number of hydrogen-bond acceptors (Lipinski definition) is 4. The molecule has 0 saturated heterocycles. The van der Waals surface area contributed by atoms with Crippen molar-refractivity contribution in [1.29, 1.82) is 0 Å². The largest absolute Gasteiger partial charge is 0.442 e. The maximum absolute atomic E-state index is 11.5. The summed E-state index contributed by atoms with van der Waals surface area (Å²) in [5, 5.41) is 0. The molecule has 5 nitrogen and oxygen atoms in total. The van der Waals surface area contributed by atoms with Gasteiger partial charge in [-0.05, 0) is 32.9 Å². The Balaban J connectivity index is 2.47. The van der Waals surface area contributed by atoms with Gasteiger partial charge in [-0.25, -0.2) is 9.59 Å². The van der Waals surface area contributed by atoms with Crippen LogP contribution in [0.5, 0.6) is 0 Å². The zero-order chi connectivity index (χ0) is 13.8. The average molecular weight is 247 g/mol. The Kier molecular flexibility index (Phi) is 4.36. The number of hydrogen-bond donors (Lipinski definition) is 1. The Bertz CT molecular complexity index is 436. The van der Waals surface area contributed by atoms with Crippen molar-refractivity contribution in [2.45, 2.75) is 26.4 Å². The first-order valence-corrected chi connectivity index (χ1v) is 5.33. The third kappa shape index (κ3) is 4.90. The monoisotopic (exact) mass is 247 g/mol. The predicted octanol–water partition coefficient (Wildman–Crippen LogP) is 1.08. The maximum Gasteiger partial charge on any atom is 0.441 e. The van der Waals surface area contributed by atoms with Crippen molar-refractivity contribution in [3.8, 4) is 0 Å². The first-order chi connectivity index (χ1) is 8.28. The Morgan fingerprint density at radius 2 is 1.72 bits per heavy atom. The molecule has 0 atom stereocenters. The van der Waals surface area contributed by atoms with Crippen LogP contribution in [0.3, 0.4) is 0 Å². The standard InChI is InChI=1S/C12H14BNO4/c1-12(2,3)17-11(16)14-18-10(15)8-4-6-9(13)7-5-8/h4-7H,1-3H3,(H,14,16). The van der Waals surface area contributed by atoms with Crippen LogP contribution >= 0.6 is 0 Å². The summed E-state index contributed by atoms with van der Waals surface area (Å²) in [5.41, 5.74) is 2.07. The highest BCUT2D eigenvalue weighted by Gasteiger charge is 2.17. The molecule has 18 heavy (non-hydrogen) atoms. The van der Waals surface area contributed by atoms with Gasteiger partial charge in [0.2, 0.25) is 0 Å². The highest BCUT2D eigenvalue weighted by molar-refractivity contribution is 6.32. The lowest BCUT2D eigenvalue weighted by Gasteiger charge is -2.19. The highest BCUT2D eigenvalue weighted by Crippen LogP contribution is 2.06. The van der Waals surface area contributed by atoms with E-state index in [1.165, 1.54) is 12.1 Å². The number of amides is 1. The van der Waals surface area contributed by atoms with Crippen molar-refractivity contribution in [1.82, 2.24) is 5.48 Å². The molecule has 0 aliphatic rings. The van der Waals surface area contributed by atoms with Gasteiger partial charge in [-0.3, -0.25) is 0 Å². The molecule has 0 aliphatic carbocycles. The van der Waals surface area contributed by atoms with Crippen molar-refractivity contribution < 1.29 is 19.2 Å². The van der Waals surface area contributed by atoms with Crippen LogP contribution in [0.25, 0.3) is 0 Å². The first kappa shape index (κ1) is 14.1. The molecule has 0 heterocycles. The van der Waals surface area contributed by atoms with Gasteiger partial charge in [0.1, 0.15) is 13.4 Å². The van der Waals surface area contributed by atoms with Crippen LogP contribution < -0.4 is 10.9 Å². The Morgan fingerprint density at radius 1 is 1.17 bits per heavy atom. The number of ether oxygens (including phenoxy) is 1. The second-order valence-electron chi connectivity index (χ2n) is 4.62. The van der Waals surface area contributed by atoms with E-state index in [1.807, 2.05) is 5.48 Å². The van der Waals surface area contributed by atoms with Crippen LogP contribution in [-0.2, 0) is 9.57 Å². The number of benzene rings is 1. The molecule has 0 spiro atoms. The number of nitrogens with one attached hydrogen (secondary N) is 1. The molecule has 1 aromatic carbocycles. The molecular weight excluding hydrogens is 233 g/mol. The summed E-state index contributed by atoms with van der Waals surface area (Å²) in [7, 11) is 5.48. The van der Waals surface area contributed by atoms with Crippen molar-refractivity contribution in [3.63, 3.8) is 0 Å². The molecule has 2 radical (unpaired) electrons. The van der Waals surface area contributed by atoms with Crippen molar-refractivity contribution >= 4 is 25.4 Å². The molecule has 0 unspecified atom stereocenters. The van der Waals surface area contributed by atoms with Crippen LogP contribution in [-0.4, -0.2) is 25.5 Å². The van der Waals surface area contributed by atoms with E-state index in [0.29, 0.717) is 5.46 Å². The minimum absolute atomic E-state index is 0.278. The molecule has 1 amide bonds. The summed E-state index contributed by atoms with van der Waals surface area (Å²) in [6, 6.07) is 6.11. The summed E-state index contributed by atoms with van der Waals surface area (Å²) in [5.74, 6) is -0.694. The van der Waals surface area contributed by atoms with Gasteiger partial charge in [0.25, 0.3) is 0 Å². The molecule has 0 aliphatic heterocycles. The van der Waals surface area contributed by atoms with E-state index < -0.39 is 17.7 Å². The molecule has 1 aromatic rings. The summed E-state index contributed by atoms with van der Waals surface area (Å²) >= 11 is 0. The quantitative estimate of drug-likeness (QED) is 0.595. The minimum atomic E-state index is -0.828. The molecule has 94 valence electrons. The smallest absolute Gasteiger partial charge is 0.441 e. The zero-order valence-electron chi connectivity index (χ0n) is 10.5. The second-order valence-corrected chi connectivity index (χ2v) is 4.62. The van der Waals surface area contributed by atoms with Crippen LogP contribution in [0.1, 0.15) is 31.1 Å². The molecule has 0 saturated carbocycles. The van der Waals surface area contributed by atoms with Gasteiger partial charge >= 0.3 is 12.1 Å². The second kappa shape index (κ2) is 5.57. The van der Waals surface area contributed by atoms with E-state index in [9.17, 15) is 9.59 Å². The average Bonchev–Trinajstić information content (AvgIpc) is 2.24. The Morgan fingerprint density at radius 3 is 2.22 bits per heavy atom. The van der Waals surface area contributed by atoms with E-state index >= 15 is 0 Å². The SMILES string of the molecule is [B]c1ccc(C(=O)ONC(=O)OC(C)(C)C)cc1. The Labute approximate surface area is 107 Å². The lowest BCUT2D eigenvalue weighted by atomic mass is 9.95. The van der Waals surface area contributed by atoms with Crippen molar-refractivity contribution in [3.05, 3.63) is 29.8 Å². The van der Waals surface area contributed by atoms with Crippen LogP contribution in [0.2, 0.25) is 0 Å². The molecule has 0 fully saturated rings. The molecule has 1 rings (SSSR count). The minimum Gasteiger partial charge on any atom is -0.442 e. The van der Waals surface area contributed by atoms with Crippen molar-refractivity contribution in [2.75, 3.05) is 0 Å². The topological polar surface area (TPSA) is 64.6 Å². The number of rotatable bonds is 1. The van der Waals surface area contributed by atoms with Crippen LogP contribution in [0.15, 0.2) is 24.3 Å². The predicted molar refractivity (Wildman–Crippen MR) is 66.6 cm³/mol. The normalized spacial score (nSPS) is 10.6. The van der Waals surface area contributed by atoms with Gasteiger partial charge in [-0.15, -0.1) is 5.48 Å². The number of carbonyl (C=O) groups is 2. The van der Waals surface area contributed by atoms with E-state index in [-0.39, 0.29) is 5.56 Å². The van der Waals surface area contributed by atoms with E-state index in [4.69, 9.17) is 12.6 Å². The summed E-state index contributed by atoms with van der Waals surface area (Å²) in [4.78, 5) is 27.3. The van der Waals surface area contributed by atoms with Gasteiger partial charge in [-0.2, -0.15) is 0 Å². The molecule has 0 aromatic heterocycles. The first-order valence-electron chi connectivity index (χ1n) is 5.33. The van der Waals surface area contributed by atoms with Gasteiger partial charge in [0, 0.05) is 0 Å². The van der Waals surface area contributed by atoms with Crippen LogP contribution in [0, 0.1) is 0 Å². The fourth-order valence-corrected chi connectivity index (χ4v) is 1.07. The number of carbonyl (C=O) groups excluding carboxylic acids is 2. The third-order valence-electron chi connectivity index (χ3n) is 1.77. The Hall–Kier alpha value is -1.98. The third-order valence-corrected chi connectivity index (χ3v) is 1.77. The van der Waals surface area contributed by atoms with Gasteiger partial charge < -0.3 is 9.57 Å². The van der Waals surface area contributed by atoms with Crippen LogP contribution in [0.4, 0.5) is 4.79 Å². The fourth-order valence-electron chi connectivity index (χ4n) is 1.07. The fraction of sp³-hybridized carbons (Fsp3) is 0.333. The summed E-state index contributed by atoms with van der Waals surface area (Å²) in [6.07, 6.45) is -0.828. The zero-order valence-corrected chi connectivity index (χ0v) is 10.5. The maximum atomic E-state index is 11.5. The lowest BCUT2D eigenvalue weighted by molar-refractivity contribution is -0.00129. The summed E-state index contributed by atoms with van der Waals surface area (Å²) < 4.78 is 4.90. The van der Waals surface area contributed by atoms with E-state index in [2.05, 4.69) is 4.84 Å². The van der Waals surface area contributed by atoms with Gasteiger partial charge in [-0.1, -0.05) is 17.6 Å². The van der Waals surface area contributed by atoms with E-state index in [1.54, 1.807) is 32.9 Å². The highest BCUT2D eigenvalue weighted by atomic mass is 16.7. The number of hydroxylamine groups is 1. The van der Waals surface area contributed by atoms with Gasteiger partial charge in [0.15, 0.2) is 0 Å². The van der Waals surface area contributed by atoms with Gasteiger partial charge in [0.05, 0.1) is 5.56 Å². The lowest BCUT2D eigenvalue weighted by Crippen LogP contribution is -2.34.